The number of nitrogens with one attached hydrogen (secondary N) is 1. The molecular weight excluding hydrogens is 467 g/mol. The van der Waals surface area contributed by atoms with E-state index in [-0.39, 0.29) is 17.9 Å². The number of nitrogens with zero attached hydrogens (tertiary/aromatic N) is 5. The Kier molecular flexibility index (Phi) is 5.12. The molecule has 4 heterocycles. The summed E-state index contributed by atoms with van der Waals surface area (Å²) in [6.07, 6.45) is 7.58. The van der Waals surface area contributed by atoms with Crippen LogP contribution >= 0.6 is 11.6 Å². The van der Waals surface area contributed by atoms with E-state index in [0.717, 1.165) is 37.8 Å². The lowest BCUT2D eigenvalue weighted by molar-refractivity contribution is 0.143. The summed E-state index contributed by atoms with van der Waals surface area (Å²) in [5, 5.41) is 13.8. The molecule has 0 amide bonds. The topological polar surface area (TPSA) is 104 Å². The van der Waals surface area contributed by atoms with Crippen molar-refractivity contribution in [2.24, 2.45) is 0 Å². The normalized spacial score (nSPS) is 28.9. The number of anilines is 2. The van der Waals surface area contributed by atoms with Crippen LogP contribution in [0.15, 0.2) is 17.3 Å². The maximum Gasteiger partial charge on any atom is 0.227 e. The SMILES string of the molecule is O=[S@@]1c2c(nc(N3CCC(c4ncc(Cl)cn4)C(F)C3)nc2NC2(CO)CCC2)CC12CC2. The van der Waals surface area contributed by atoms with Gasteiger partial charge in [-0.25, -0.2) is 19.3 Å². The third-order valence-corrected chi connectivity index (χ3v) is 9.93. The van der Waals surface area contributed by atoms with Gasteiger partial charge in [0.15, 0.2) is 0 Å². The van der Waals surface area contributed by atoms with Crippen LogP contribution in [0.1, 0.15) is 56.0 Å². The molecule has 1 saturated heterocycles. The second-order valence-electron chi connectivity index (χ2n) is 9.81. The van der Waals surface area contributed by atoms with Crippen LogP contribution in [-0.2, 0) is 17.2 Å². The van der Waals surface area contributed by atoms with E-state index in [1.54, 1.807) is 0 Å². The van der Waals surface area contributed by atoms with Crippen molar-refractivity contribution in [1.29, 1.82) is 0 Å². The Bertz CT molecular complexity index is 1110. The summed E-state index contributed by atoms with van der Waals surface area (Å²) < 4.78 is 28.3. The van der Waals surface area contributed by atoms with Crippen molar-refractivity contribution >= 4 is 34.2 Å². The van der Waals surface area contributed by atoms with Gasteiger partial charge in [-0.1, -0.05) is 11.6 Å². The number of alkyl halides is 1. The van der Waals surface area contributed by atoms with E-state index in [1.165, 1.54) is 12.4 Å². The number of piperidine rings is 1. The molecule has 0 aromatic carbocycles. The van der Waals surface area contributed by atoms with Crippen LogP contribution in [-0.4, -0.2) is 65.4 Å². The average Bonchev–Trinajstić information content (AvgIpc) is 3.51. The van der Waals surface area contributed by atoms with Gasteiger partial charge in [0.2, 0.25) is 5.95 Å². The summed E-state index contributed by atoms with van der Waals surface area (Å²) in [4.78, 5) is 20.5. The van der Waals surface area contributed by atoms with Crippen molar-refractivity contribution in [1.82, 2.24) is 19.9 Å². The highest BCUT2D eigenvalue weighted by molar-refractivity contribution is 7.87. The Morgan fingerprint density at radius 2 is 2.00 bits per heavy atom. The third kappa shape index (κ3) is 3.61. The summed E-state index contributed by atoms with van der Waals surface area (Å²) in [6, 6.07) is 0. The molecular formula is C22H26ClFN6O2S. The van der Waals surface area contributed by atoms with Crippen LogP contribution in [0.5, 0.6) is 0 Å². The van der Waals surface area contributed by atoms with E-state index in [0.29, 0.717) is 46.9 Å². The fourth-order valence-corrected chi connectivity index (χ4v) is 7.06. The third-order valence-electron chi connectivity index (χ3n) is 7.59. The van der Waals surface area contributed by atoms with Crippen molar-refractivity contribution in [2.75, 3.05) is 29.9 Å². The molecule has 176 valence electrons. The predicted molar refractivity (Wildman–Crippen MR) is 123 cm³/mol. The van der Waals surface area contributed by atoms with Gasteiger partial charge in [0.1, 0.15) is 22.7 Å². The second kappa shape index (κ2) is 7.81. The van der Waals surface area contributed by atoms with Gasteiger partial charge in [0.25, 0.3) is 0 Å². The lowest BCUT2D eigenvalue weighted by atomic mass is 9.77. The summed E-state index contributed by atoms with van der Waals surface area (Å²) in [6.45, 7) is 0.695. The first-order valence-corrected chi connectivity index (χ1v) is 13.0. The molecule has 2 unspecified atom stereocenters. The molecule has 2 saturated carbocycles. The minimum Gasteiger partial charge on any atom is -0.394 e. The predicted octanol–water partition coefficient (Wildman–Crippen LogP) is 2.78. The zero-order chi connectivity index (χ0) is 22.8. The summed E-state index contributed by atoms with van der Waals surface area (Å²) in [7, 11) is -1.16. The quantitative estimate of drug-likeness (QED) is 0.656. The Balaban J connectivity index is 1.29. The van der Waals surface area contributed by atoms with Gasteiger partial charge in [0.05, 0.1) is 50.9 Å². The monoisotopic (exact) mass is 492 g/mol. The fourth-order valence-electron chi connectivity index (χ4n) is 5.18. The van der Waals surface area contributed by atoms with Crippen LogP contribution in [0.2, 0.25) is 5.02 Å². The van der Waals surface area contributed by atoms with E-state index >= 15 is 4.39 Å². The van der Waals surface area contributed by atoms with E-state index in [4.69, 9.17) is 21.6 Å². The average molecular weight is 493 g/mol. The van der Waals surface area contributed by atoms with Crippen LogP contribution < -0.4 is 10.2 Å². The van der Waals surface area contributed by atoms with Gasteiger partial charge in [-0.05, 0) is 38.5 Å². The molecule has 2 aliphatic heterocycles. The van der Waals surface area contributed by atoms with E-state index in [2.05, 4.69) is 15.3 Å². The molecule has 11 heteroatoms. The second-order valence-corrected chi connectivity index (χ2v) is 12.1. The van der Waals surface area contributed by atoms with E-state index in [1.807, 2.05) is 4.90 Å². The molecule has 6 rings (SSSR count). The van der Waals surface area contributed by atoms with Gasteiger partial charge in [-0.2, -0.15) is 4.98 Å². The molecule has 2 aromatic rings. The van der Waals surface area contributed by atoms with Gasteiger partial charge < -0.3 is 15.3 Å². The van der Waals surface area contributed by atoms with Crippen molar-refractivity contribution in [3.8, 4) is 0 Å². The maximum absolute atomic E-state index is 15.2. The van der Waals surface area contributed by atoms with Crippen LogP contribution in [0, 0.1) is 0 Å². The summed E-state index contributed by atoms with van der Waals surface area (Å²) in [5.41, 5.74) is 0.370. The highest BCUT2D eigenvalue weighted by Crippen LogP contribution is 2.54. The first kappa shape index (κ1) is 21.6. The molecule has 0 bridgehead atoms. The molecule has 2 aromatic heterocycles. The zero-order valence-electron chi connectivity index (χ0n) is 18.1. The number of halogens is 2. The van der Waals surface area contributed by atoms with Crippen molar-refractivity contribution in [3.05, 3.63) is 28.9 Å². The lowest BCUT2D eigenvalue weighted by Crippen LogP contribution is -2.49. The molecule has 33 heavy (non-hydrogen) atoms. The lowest BCUT2D eigenvalue weighted by Gasteiger charge is -2.42. The van der Waals surface area contributed by atoms with Gasteiger partial charge in [0, 0.05) is 25.4 Å². The van der Waals surface area contributed by atoms with E-state index in [9.17, 15) is 9.32 Å². The number of aliphatic hydroxyl groups excluding tert-OH is 1. The first-order chi connectivity index (χ1) is 15.9. The Hall–Kier alpha value is -1.91. The smallest absolute Gasteiger partial charge is 0.227 e. The molecule has 0 radical (unpaired) electrons. The van der Waals surface area contributed by atoms with Gasteiger partial charge >= 0.3 is 0 Å². The van der Waals surface area contributed by atoms with Crippen molar-refractivity contribution < 1.29 is 13.7 Å². The largest absolute Gasteiger partial charge is 0.394 e. The molecule has 2 N–H and O–H groups in total. The molecule has 8 nitrogen and oxygen atoms in total. The highest BCUT2D eigenvalue weighted by Gasteiger charge is 2.56. The number of hydrogen-bond acceptors (Lipinski definition) is 8. The maximum atomic E-state index is 15.2. The number of hydrogen-bond donors (Lipinski definition) is 2. The Morgan fingerprint density at radius 3 is 2.61 bits per heavy atom. The first-order valence-electron chi connectivity index (χ1n) is 11.5. The molecule has 1 spiro atoms. The minimum absolute atomic E-state index is 0.00206. The summed E-state index contributed by atoms with van der Waals surface area (Å²) in [5.74, 6) is 1.06. The molecule has 3 fully saturated rings. The van der Waals surface area contributed by atoms with Gasteiger partial charge in [-0.15, -0.1) is 0 Å². The Morgan fingerprint density at radius 1 is 1.24 bits per heavy atom. The number of aliphatic hydroxyl groups is 1. The van der Waals surface area contributed by atoms with Crippen LogP contribution in [0.25, 0.3) is 0 Å². The number of rotatable bonds is 5. The highest BCUT2D eigenvalue weighted by atomic mass is 35.5. The van der Waals surface area contributed by atoms with Crippen molar-refractivity contribution in [2.45, 2.75) is 72.2 Å². The molecule has 4 aliphatic rings. The standard InChI is InChI=1S/C22H26ClFN6O2S/c23-13-9-25-18(26-10-13)14-2-7-30(11-15(14)24)20-27-16-8-22(5-6-22)33(32)17(16)19(28-20)29-21(12-31)3-1-4-21/h9-10,14-15,31H,1-8,11-12H2,(H,27,28,29)/t14?,15?,33-/m1/s1. The molecule has 3 atom stereocenters. The zero-order valence-corrected chi connectivity index (χ0v) is 19.7. The molecule has 2 aliphatic carbocycles. The fraction of sp³-hybridized carbons (Fsp3) is 0.636. The number of fused-ring (bicyclic) bond motifs is 1. The van der Waals surface area contributed by atoms with Crippen LogP contribution in [0.4, 0.5) is 16.2 Å². The van der Waals surface area contributed by atoms with Crippen molar-refractivity contribution in [3.63, 3.8) is 0 Å². The van der Waals surface area contributed by atoms with Crippen LogP contribution in [0.3, 0.4) is 0 Å². The minimum atomic E-state index is -1.17. The summed E-state index contributed by atoms with van der Waals surface area (Å²) >= 11 is 5.87. The Labute approximate surface area is 198 Å². The number of aromatic nitrogens is 4. The van der Waals surface area contributed by atoms with Gasteiger partial charge in [-0.3, -0.25) is 4.21 Å². The van der Waals surface area contributed by atoms with E-state index < -0.39 is 28.4 Å².